The molecule has 6 nitrogen and oxygen atoms in total. The molecule has 45 heavy (non-hydrogen) atoms. The quantitative estimate of drug-likeness (QED) is 0.131. The van der Waals surface area contributed by atoms with Gasteiger partial charge in [-0.25, -0.2) is 5.43 Å². The number of nitrogens with zero attached hydrogens (tertiary/aromatic N) is 3. The van der Waals surface area contributed by atoms with Gasteiger partial charge in [0.1, 0.15) is 12.4 Å². The lowest BCUT2D eigenvalue weighted by molar-refractivity contribution is 0.0955. The van der Waals surface area contributed by atoms with E-state index in [2.05, 4.69) is 56.9 Å². The molecule has 0 saturated carbocycles. The van der Waals surface area contributed by atoms with Crippen LogP contribution in [0.4, 0.5) is 0 Å². The predicted molar refractivity (Wildman–Crippen MR) is 182 cm³/mol. The van der Waals surface area contributed by atoms with Crippen molar-refractivity contribution in [2.24, 2.45) is 5.10 Å². The largest absolute Gasteiger partial charge is 0.489 e. The van der Waals surface area contributed by atoms with Crippen LogP contribution in [-0.4, -0.2) is 21.3 Å². The summed E-state index contributed by atoms with van der Waals surface area (Å²) in [6.07, 6.45) is 1.68. The van der Waals surface area contributed by atoms with E-state index in [4.69, 9.17) is 16.3 Å². The average molecular weight is 613 g/mol. The van der Waals surface area contributed by atoms with Crippen molar-refractivity contribution in [1.82, 2.24) is 14.6 Å². The standard InChI is InChI=1S/C38H33ClN4O2/c1-26-9-22-37(30-7-5-4-6-8-30)43(26)35-16-12-31(13-17-35)38(44)41-40-24-32-23-27(2)42(28(32)3)34-18-20-36(21-19-34)45-25-29-10-14-33(39)15-11-29/h4-24H,25H2,1-3H3,(H,41,44)/b40-24+. The Morgan fingerprint density at radius 1 is 0.778 bits per heavy atom. The highest BCUT2D eigenvalue weighted by molar-refractivity contribution is 6.30. The molecule has 1 N–H and O–H groups in total. The Balaban J connectivity index is 1.10. The van der Waals surface area contributed by atoms with Crippen LogP contribution in [0.2, 0.25) is 5.02 Å². The van der Waals surface area contributed by atoms with Crippen LogP contribution < -0.4 is 10.2 Å². The minimum Gasteiger partial charge on any atom is -0.489 e. The van der Waals surface area contributed by atoms with Crippen molar-refractivity contribution in [2.45, 2.75) is 27.4 Å². The van der Waals surface area contributed by atoms with Gasteiger partial charge in [0.25, 0.3) is 5.91 Å². The molecule has 0 atom stereocenters. The van der Waals surface area contributed by atoms with E-state index in [0.717, 1.165) is 56.6 Å². The summed E-state index contributed by atoms with van der Waals surface area (Å²) in [5.41, 5.74) is 12.6. The fourth-order valence-corrected chi connectivity index (χ4v) is 5.58. The van der Waals surface area contributed by atoms with Gasteiger partial charge in [0.2, 0.25) is 0 Å². The number of hydrogen-bond acceptors (Lipinski definition) is 3. The molecule has 6 rings (SSSR count). The second-order valence-corrected chi connectivity index (χ2v) is 11.3. The lowest BCUT2D eigenvalue weighted by Gasteiger charge is -2.12. The molecular weight excluding hydrogens is 580 g/mol. The lowest BCUT2D eigenvalue weighted by Crippen LogP contribution is -2.17. The molecule has 0 bridgehead atoms. The van der Waals surface area contributed by atoms with Crippen molar-refractivity contribution < 1.29 is 9.53 Å². The zero-order valence-electron chi connectivity index (χ0n) is 25.4. The molecule has 7 heteroatoms. The number of aromatic nitrogens is 2. The van der Waals surface area contributed by atoms with Gasteiger partial charge in [0.15, 0.2) is 0 Å². The van der Waals surface area contributed by atoms with Crippen LogP contribution in [0.3, 0.4) is 0 Å². The van der Waals surface area contributed by atoms with Crippen LogP contribution >= 0.6 is 11.6 Å². The van der Waals surface area contributed by atoms with E-state index in [9.17, 15) is 4.79 Å². The van der Waals surface area contributed by atoms with Gasteiger partial charge in [-0.2, -0.15) is 5.10 Å². The van der Waals surface area contributed by atoms with Crippen LogP contribution in [0.1, 0.15) is 38.6 Å². The highest BCUT2D eigenvalue weighted by Crippen LogP contribution is 2.27. The molecule has 0 aliphatic rings. The molecule has 2 heterocycles. The molecule has 2 aromatic heterocycles. The zero-order valence-corrected chi connectivity index (χ0v) is 26.1. The summed E-state index contributed by atoms with van der Waals surface area (Å²) >= 11 is 5.97. The zero-order chi connectivity index (χ0) is 31.3. The first-order chi connectivity index (χ1) is 21.9. The second-order valence-electron chi connectivity index (χ2n) is 10.9. The first-order valence-electron chi connectivity index (χ1n) is 14.7. The van der Waals surface area contributed by atoms with Gasteiger partial charge in [-0.1, -0.05) is 54.1 Å². The number of hydrogen-bond donors (Lipinski definition) is 1. The van der Waals surface area contributed by atoms with Crippen molar-refractivity contribution in [3.8, 4) is 28.4 Å². The molecule has 0 aliphatic heterocycles. The molecule has 4 aromatic carbocycles. The normalized spacial score (nSPS) is 11.2. The maximum atomic E-state index is 12.9. The van der Waals surface area contributed by atoms with Crippen LogP contribution in [0.5, 0.6) is 5.75 Å². The Kier molecular flexibility index (Phi) is 8.67. The van der Waals surface area contributed by atoms with E-state index >= 15 is 0 Å². The SMILES string of the molecule is Cc1ccc(-c2ccccc2)n1-c1ccc(C(=O)N/N=C/c2cc(C)n(-c3ccc(OCc4ccc(Cl)cc4)cc3)c2C)cc1. The summed E-state index contributed by atoms with van der Waals surface area (Å²) in [4.78, 5) is 12.9. The number of rotatable bonds is 9. The number of ether oxygens (including phenoxy) is 1. The fraction of sp³-hybridized carbons (Fsp3) is 0.105. The van der Waals surface area contributed by atoms with E-state index < -0.39 is 0 Å². The summed E-state index contributed by atoms with van der Waals surface area (Å²) in [5, 5.41) is 4.98. The van der Waals surface area contributed by atoms with Crippen LogP contribution in [0.15, 0.2) is 126 Å². The third-order valence-corrected chi connectivity index (χ3v) is 8.04. The van der Waals surface area contributed by atoms with Crippen LogP contribution in [-0.2, 0) is 6.61 Å². The molecule has 0 spiro atoms. The Morgan fingerprint density at radius 2 is 1.44 bits per heavy atom. The van der Waals surface area contributed by atoms with Crippen molar-refractivity contribution in [3.63, 3.8) is 0 Å². The fourth-order valence-electron chi connectivity index (χ4n) is 5.46. The summed E-state index contributed by atoms with van der Waals surface area (Å²) in [6.45, 7) is 6.63. The molecule has 0 aliphatic carbocycles. The van der Waals surface area contributed by atoms with Crippen molar-refractivity contribution in [2.75, 3.05) is 0 Å². The summed E-state index contributed by atoms with van der Waals surface area (Å²) in [7, 11) is 0. The van der Waals surface area contributed by atoms with E-state index in [1.165, 1.54) is 0 Å². The number of halogens is 1. The Morgan fingerprint density at radius 3 is 2.16 bits per heavy atom. The molecule has 224 valence electrons. The molecule has 0 fully saturated rings. The topological polar surface area (TPSA) is 60.5 Å². The van der Waals surface area contributed by atoms with Crippen molar-refractivity contribution in [1.29, 1.82) is 0 Å². The van der Waals surface area contributed by atoms with Gasteiger partial charge in [-0.3, -0.25) is 4.79 Å². The summed E-state index contributed by atoms with van der Waals surface area (Å²) in [6, 6.07) is 39.7. The smallest absolute Gasteiger partial charge is 0.271 e. The Labute approximate surface area is 268 Å². The maximum Gasteiger partial charge on any atom is 0.271 e. The number of amides is 1. The maximum absolute atomic E-state index is 12.9. The first kappa shape index (κ1) is 29.7. The number of carbonyl (C=O) groups is 1. The monoisotopic (exact) mass is 612 g/mol. The molecule has 1 amide bonds. The number of nitrogens with one attached hydrogen (secondary N) is 1. The summed E-state index contributed by atoms with van der Waals surface area (Å²) < 4.78 is 10.3. The van der Waals surface area contributed by atoms with Crippen LogP contribution in [0, 0.1) is 20.8 Å². The highest BCUT2D eigenvalue weighted by atomic mass is 35.5. The number of carbonyl (C=O) groups excluding carboxylic acids is 1. The molecule has 0 saturated heterocycles. The number of aryl methyl sites for hydroxylation is 2. The molecular formula is C38H33ClN4O2. The lowest BCUT2D eigenvalue weighted by atomic mass is 10.1. The Hall–Kier alpha value is -5.33. The third-order valence-electron chi connectivity index (χ3n) is 7.79. The minimum absolute atomic E-state index is 0.270. The average Bonchev–Trinajstić information content (AvgIpc) is 3.59. The highest BCUT2D eigenvalue weighted by Gasteiger charge is 2.12. The first-order valence-corrected chi connectivity index (χ1v) is 15.1. The molecule has 0 radical (unpaired) electrons. The summed E-state index contributed by atoms with van der Waals surface area (Å²) in [5.74, 6) is 0.516. The van der Waals surface area contributed by atoms with Gasteiger partial charge in [-0.15, -0.1) is 0 Å². The number of benzene rings is 4. The van der Waals surface area contributed by atoms with Gasteiger partial charge in [0, 0.05) is 44.6 Å². The predicted octanol–water partition coefficient (Wildman–Crippen LogP) is 8.86. The van der Waals surface area contributed by atoms with Crippen LogP contribution in [0.25, 0.3) is 22.6 Å². The minimum atomic E-state index is -0.270. The second kappa shape index (κ2) is 13.1. The van der Waals surface area contributed by atoms with E-state index in [0.29, 0.717) is 17.2 Å². The van der Waals surface area contributed by atoms with E-state index in [-0.39, 0.29) is 5.91 Å². The van der Waals surface area contributed by atoms with Gasteiger partial charge >= 0.3 is 0 Å². The molecule has 6 aromatic rings. The van der Waals surface area contributed by atoms with E-state index in [1.807, 2.05) is 105 Å². The Bertz CT molecular complexity index is 1950. The van der Waals surface area contributed by atoms with E-state index in [1.54, 1.807) is 6.21 Å². The van der Waals surface area contributed by atoms with Crippen molar-refractivity contribution >= 4 is 23.7 Å². The van der Waals surface area contributed by atoms with Gasteiger partial charge in [-0.05, 0) is 111 Å². The molecule has 0 unspecified atom stereocenters. The van der Waals surface area contributed by atoms with Crippen molar-refractivity contribution in [3.05, 3.63) is 160 Å². The third kappa shape index (κ3) is 6.61. The van der Waals surface area contributed by atoms with Gasteiger partial charge < -0.3 is 13.9 Å². The number of hydrazone groups is 1. The van der Waals surface area contributed by atoms with Gasteiger partial charge in [0.05, 0.1) is 11.9 Å².